The van der Waals surface area contributed by atoms with Crippen molar-refractivity contribution in [1.29, 1.82) is 0 Å². The lowest BCUT2D eigenvalue weighted by Crippen LogP contribution is -2.24. The third-order valence-electron chi connectivity index (χ3n) is 3.37. The predicted octanol–water partition coefficient (Wildman–Crippen LogP) is 3.98. The third-order valence-corrected chi connectivity index (χ3v) is 5.76. The van der Waals surface area contributed by atoms with Gasteiger partial charge in [0.2, 0.25) is 5.91 Å². The molecule has 0 spiro atoms. The van der Waals surface area contributed by atoms with Gasteiger partial charge in [-0.3, -0.25) is 4.79 Å². The number of benzene rings is 1. The molecular weight excluding hydrogens is 382 g/mol. The van der Waals surface area contributed by atoms with Crippen molar-refractivity contribution >= 4 is 40.6 Å². The molecule has 5 nitrogen and oxygen atoms in total. The molecule has 0 bridgehead atoms. The Balaban J connectivity index is 1.88. The minimum atomic E-state index is -0.0375. The molecule has 1 N–H and O–H groups in total. The van der Waals surface area contributed by atoms with Gasteiger partial charge >= 0.3 is 0 Å². The minimum absolute atomic E-state index is 0.0375. The Morgan fingerprint density at radius 2 is 1.80 bits per heavy atom. The molecule has 136 valence electrons. The summed E-state index contributed by atoms with van der Waals surface area (Å²) in [4.78, 5) is 13.2. The van der Waals surface area contributed by atoms with Crippen molar-refractivity contribution in [1.82, 2.24) is 5.32 Å². The van der Waals surface area contributed by atoms with Gasteiger partial charge < -0.3 is 19.5 Å². The minimum Gasteiger partial charge on any atom is -0.496 e. The lowest BCUT2D eigenvalue weighted by atomic mass is 10.1. The first-order valence-electron chi connectivity index (χ1n) is 7.45. The largest absolute Gasteiger partial charge is 0.496 e. The number of nitrogens with one attached hydrogen (secondary N) is 1. The number of methoxy groups -OCH3 is 3. The number of amides is 1. The Kier molecular flexibility index (Phi) is 7.74. The summed E-state index contributed by atoms with van der Waals surface area (Å²) < 4.78 is 16.7. The van der Waals surface area contributed by atoms with Gasteiger partial charge in [0.05, 0.1) is 31.4 Å². The highest BCUT2D eigenvalue weighted by atomic mass is 35.5. The van der Waals surface area contributed by atoms with Gasteiger partial charge in [-0.1, -0.05) is 11.6 Å². The van der Waals surface area contributed by atoms with Gasteiger partial charge in [0.25, 0.3) is 0 Å². The van der Waals surface area contributed by atoms with E-state index >= 15 is 0 Å². The van der Waals surface area contributed by atoms with Crippen LogP contribution in [0.1, 0.15) is 10.4 Å². The van der Waals surface area contributed by atoms with Crippen molar-refractivity contribution in [3.05, 3.63) is 39.0 Å². The molecule has 25 heavy (non-hydrogen) atoms. The summed E-state index contributed by atoms with van der Waals surface area (Å²) >= 11 is 8.98. The Morgan fingerprint density at radius 3 is 2.40 bits per heavy atom. The summed E-state index contributed by atoms with van der Waals surface area (Å²) in [6.07, 6.45) is 0. The lowest BCUT2D eigenvalue weighted by molar-refractivity contribution is -0.118. The van der Waals surface area contributed by atoms with Crippen LogP contribution in [0.2, 0.25) is 4.34 Å². The molecule has 2 rings (SSSR count). The second-order valence-electron chi connectivity index (χ2n) is 4.99. The molecule has 1 amide bonds. The number of rotatable bonds is 9. The average Bonchev–Trinajstić information content (AvgIpc) is 3.04. The smallest absolute Gasteiger partial charge is 0.230 e. The first kappa shape index (κ1) is 19.8. The van der Waals surface area contributed by atoms with Gasteiger partial charge in [-0.15, -0.1) is 23.1 Å². The molecule has 2 aromatic rings. The number of hydrogen-bond acceptors (Lipinski definition) is 6. The maximum absolute atomic E-state index is 12.0. The highest BCUT2D eigenvalue weighted by Gasteiger charge is 2.13. The molecule has 0 aliphatic carbocycles. The number of hydrogen-bond donors (Lipinski definition) is 1. The number of halogens is 1. The molecular formula is C17H20ClNO4S2. The second kappa shape index (κ2) is 9.79. The van der Waals surface area contributed by atoms with E-state index in [1.807, 2.05) is 12.1 Å². The summed E-state index contributed by atoms with van der Waals surface area (Å²) in [6.45, 7) is 0.355. The van der Waals surface area contributed by atoms with Crippen LogP contribution in [0.4, 0.5) is 0 Å². The topological polar surface area (TPSA) is 56.8 Å². The molecule has 0 fully saturated rings. The van der Waals surface area contributed by atoms with Gasteiger partial charge in [0.15, 0.2) is 11.5 Å². The molecule has 0 aliphatic heterocycles. The fourth-order valence-corrected chi connectivity index (χ4v) is 4.20. The third kappa shape index (κ3) is 5.73. The first-order valence-corrected chi connectivity index (χ1v) is 9.79. The summed E-state index contributed by atoms with van der Waals surface area (Å²) in [6, 6.07) is 7.40. The number of carbonyl (C=O) groups excluding carboxylic acids is 1. The molecule has 1 aromatic heterocycles. The van der Waals surface area contributed by atoms with Gasteiger partial charge in [0, 0.05) is 28.8 Å². The van der Waals surface area contributed by atoms with E-state index in [0.717, 1.165) is 20.5 Å². The van der Waals surface area contributed by atoms with Gasteiger partial charge in [-0.25, -0.2) is 0 Å². The average molecular weight is 402 g/mol. The van der Waals surface area contributed by atoms with E-state index in [1.165, 1.54) is 11.3 Å². The summed E-state index contributed by atoms with van der Waals surface area (Å²) in [5, 5.41) is 2.90. The van der Waals surface area contributed by atoms with Gasteiger partial charge in [-0.05, 0) is 18.2 Å². The van der Waals surface area contributed by atoms with E-state index in [1.54, 1.807) is 45.2 Å². The molecule has 0 atom stereocenters. The van der Waals surface area contributed by atoms with Crippen molar-refractivity contribution in [2.75, 3.05) is 27.1 Å². The Hall–Kier alpha value is -1.57. The SMILES string of the molecule is COc1cc(OC)c(OC)cc1CNC(=O)CSCc1ccc(Cl)s1. The standard InChI is InChI=1S/C17H20ClNO4S2/c1-21-13-7-15(23-3)14(22-2)6-11(13)8-19-17(20)10-24-9-12-4-5-16(18)25-12/h4-7H,8-10H2,1-3H3,(H,19,20). The summed E-state index contributed by atoms with van der Waals surface area (Å²) in [5.74, 6) is 2.93. The maximum atomic E-state index is 12.0. The van der Waals surface area contributed by atoms with Gasteiger partial charge in [-0.2, -0.15) is 0 Å². The molecule has 8 heteroatoms. The molecule has 1 heterocycles. The van der Waals surface area contributed by atoms with Crippen LogP contribution in [-0.2, 0) is 17.1 Å². The van der Waals surface area contributed by atoms with E-state index in [4.69, 9.17) is 25.8 Å². The van der Waals surface area contributed by atoms with Crippen molar-refractivity contribution < 1.29 is 19.0 Å². The van der Waals surface area contributed by atoms with Crippen molar-refractivity contribution in [3.8, 4) is 17.2 Å². The monoisotopic (exact) mass is 401 g/mol. The highest BCUT2D eigenvalue weighted by molar-refractivity contribution is 7.99. The molecule has 0 saturated carbocycles. The van der Waals surface area contributed by atoms with Crippen molar-refractivity contribution in [2.24, 2.45) is 0 Å². The summed E-state index contributed by atoms with van der Waals surface area (Å²) in [5.41, 5.74) is 0.823. The Morgan fingerprint density at radius 1 is 1.12 bits per heavy atom. The maximum Gasteiger partial charge on any atom is 0.230 e. The van der Waals surface area contributed by atoms with Crippen molar-refractivity contribution in [3.63, 3.8) is 0 Å². The zero-order valence-corrected chi connectivity index (χ0v) is 16.6. The van der Waals surface area contributed by atoms with E-state index in [9.17, 15) is 4.79 Å². The number of carbonyl (C=O) groups is 1. The quantitative estimate of drug-likeness (QED) is 0.688. The van der Waals surface area contributed by atoms with Crippen LogP contribution >= 0.6 is 34.7 Å². The highest BCUT2D eigenvalue weighted by Crippen LogP contribution is 2.34. The normalized spacial score (nSPS) is 10.4. The molecule has 0 aliphatic rings. The predicted molar refractivity (Wildman–Crippen MR) is 103 cm³/mol. The number of ether oxygens (including phenoxy) is 3. The van der Waals surface area contributed by atoms with Crippen LogP contribution in [-0.4, -0.2) is 33.0 Å². The molecule has 1 aromatic carbocycles. The molecule has 0 unspecified atom stereocenters. The van der Waals surface area contributed by atoms with Crippen molar-refractivity contribution in [2.45, 2.75) is 12.3 Å². The van der Waals surface area contributed by atoms with Crippen LogP contribution in [0.15, 0.2) is 24.3 Å². The summed E-state index contributed by atoms with van der Waals surface area (Å²) in [7, 11) is 4.71. The van der Waals surface area contributed by atoms with E-state index in [-0.39, 0.29) is 5.91 Å². The molecule has 0 saturated heterocycles. The fraction of sp³-hybridized carbons (Fsp3) is 0.353. The Bertz CT molecular complexity index is 721. The first-order chi connectivity index (χ1) is 12.1. The fourth-order valence-electron chi connectivity index (χ4n) is 2.15. The lowest BCUT2D eigenvalue weighted by Gasteiger charge is -2.14. The van der Waals surface area contributed by atoms with E-state index < -0.39 is 0 Å². The van der Waals surface area contributed by atoms with Crippen LogP contribution in [0.25, 0.3) is 0 Å². The number of thioether (sulfide) groups is 1. The zero-order valence-electron chi connectivity index (χ0n) is 14.3. The van der Waals surface area contributed by atoms with Crippen LogP contribution in [0, 0.1) is 0 Å². The Labute approximate surface area is 160 Å². The number of thiophene rings is 1. The van der Waals surface area contributed by atoms with Crippen LogP contribution in [0.5, 0.6) is 17.2 Å². The van der Waals surface area contributed by atoms with Gasteiger partial charge in [0.1, 0.15) is 5.75 Å². The second-order valence-corrected chi connectivity index (χ2v) is 7.78. The van der Waals surface area contributed by atoms with Crippen LogP contribution < -0.4 is 19.5 Å². The van der Waals surface area contributed by atoms with Crippen LogP contribution in [0.3, 0.4) is 0 Å². The van der Waals surface area contributed by atoms with E-state index in [0.29, 0.717) is 29.5 Å². The zero-order chi connectivity index (χ0) is 18.2. The van der Waals surface area contributed by atoms with E-state index in [2.05, 4.69) is 5.32 Å². The molecule has 0 radical (unpaired) electrons.